The van der Waals surface area contributed by atoms with Crippen molar-refractivity contribution in [1.82, 2.24) is 0 Å². The van der Waals surface area contributed by atoms with Crippen LogP contribution in [0, 0.1) is 5.92 Å². The Morgan fingerprint density at radius 1 is 1.33 bits per heavy atom. The van der Waals surface area contributed by atoms with Crippen LogP contribution in [0.5, 0.6) is 0 Å². The highest BCUT2D eigenvalue weighted by molar-refractivity contribution is 5.75. The van der Waals surface area contributed by atoms with Crippen LogP contribution in [0.15, 0.2) is 30.3 Å². The zero-order valence-electron chi connectivity index (χ0n) is 6.60. The molecular weight excluding hydrogens is 152 g/mol. The normalized spacial score (nSPS) is 26.7. The first-order valence-electron chi connectivity index (χ1n) is 4.07. The predicted octanol–water partition coefficient (Wildman–Crippen LogP) is 1.87. The Balaban J connectivity index is 2.11. The Bertz CT molecular complexity index is 292. The van der Waals surface area contributed by atoms with E-state index in [1.165, 1.54) is 0 Å². The second-order valence-electron chi connectivity index (χ2n) is 3.20. The zero-order valence-corrected chi connectivity index (χ0v) is 6.60. The summed E-state index contributed by atoms with van der Waals surface area (Å²) in [4.78, 5) is 10.5. The van der Waals surface area contributed by atoms with Gasteiger partial charge in [0, 0.05) is 0 Å². The number of carboxylic acids is 1. The summed E-state index contributed by atoms with van der Waals surface area (Å²) < 4.78 is 0. The van der Waals surface area contributed by atoms with Crippen LogP contribution in [-0.2, 0) is 4.79 Å². The van der Waals surface area contributed by atoms with Gasteiger partial charge in [-0.1, -0.05) is 30.3 Å². The molecule has 1 aromatic rings. The topological polar surface area (TPSA) is 37.3 Å². The van der Waals surface area contributed by atoms with Crippen LogP contribution in [0.4, 0.5) is 0 Å². The van der Waals surface area contributed by atoms with Gasteiger partial charge in [0.2, 0.25) is 0 Å². The minimum absolute atomic E-state index is 0.132. The molecule has 12 heavy (non-hydrogen) atoms. The molecule has 0 saturated heterocycles. The first-order chi connectivity index (χ1) is 5.79. The Hall–Kier alpha value is -1.31. The van der Waals surface area contributed by atoms with Crippen LogP contribution in [0.25, 0.3) is 0 Å². The SMILES string of the molecule is O=C(O)C1C[C@@H]1c1ccccc1. The van der Waals surface area contributed by atoms with E-state index in [1.807, 2.05) is 30.3 Å². The molecule has 0 aromatic heterocycles. The van der Waals surface area contributed by atoms with Crippen molar-refractivity contribution >= 4 is 5.97 Å². The van der Waals surface area contributed by atoms with Gasteiger partial charge >= 0.3 is 5.97 Å². The molecule has 2 atom stereocenters. The molecule has 0 radical (unpaired) electrons. The molecule has 0 bridgehead atoms. The molecular formula is C10H10O2. The fourth-order valence-electron chi connectivity index (χ4n) is 1.54. The molecule has 0 amide bonds. The molecule has 1 aliphatic rings. The Morgan fingerprint density at radius 2 is 2.00 bits per heavy atom. The average molecular weight is 162 g/mol. The van der Waals surface area contributed by atoms with Crippen LogP contribution in [0.1, 0.15) is 17.9 Å². The van der Waals surface area contributed by atoms with Gasteiger partial charge in [0.1, 0.15) is 0 Å². The molecule has 1 saturated carbocycles. The molecule has 1 aromatic carbocycles. The van der Waals surface area contributed by atoms with E-state index in [1.54, 1.807) is 0 Å². The number of hydrogen-bond donors (Lipinski definition) is 1. The number of carbonyl (C=O) groups is 1. The lowest BCUT2D eigenvalue weighted by Crippen LogP contribution is -1.98. The zero-order chi connectivity index (χ0) is 8.55. The summed E-state index contributed by atoms with van der Waals surface area (Å²) in [5.74, 6) is -0.528. The van der Waals surface area contributed by atoms with Gasteiger partial charge in [0.15, 0.2) is 0 Å². The van der Waals surface area contributed by atoms with Crippen LogP contribution < -0.4 is 0 Å². The summed E-state index contributed by atoms with van der Waals surface area (Å²) in [5, 5.41) is 8.68. The third kappa shape index (κ3) is 1.20. The van der Waals surface area contributed by atoms with Crippen molar-refractivity contribution in [2.75, 3.05) is 0 Å². The minimum atomic E-state index is -0.663. The third-order valence-electron chi connectivity index (χ3n) is 2.34. The summed E-state index contributed by atoms with van der Waals surface area (Å²) >= 11 is 0. The van der Waals surface area contributed by atoms with Gasteiger partial charge in [-0.05, 0) is 17.9 Å². The maximum Gasteiger partial charge on any atom is 0.307 e. The van der Waals surface area contributed by atoms with Gasteiger partial charge in [0.05, 0.1) is 5.92 Å². The van der Waals surface area contributed by atoms with Gasteiger partial charge in [-0.25, -0.2) is 0 Å². The van der Waals surface area contributed by atoms with E-state index in [0.717, 1.165) is 12.0 Å². The lowest BCUT2D eigenvalue weighted by Gasteiger charge is -1.95. The van der Waals surface area contributed by atoms with Gasteiger partial charge in [-0.15, -0.1) is 0 Å². The summed E-state index contributed by atoms with van der Waals surface area (Å²) in [6, 6.07) is 9.84. The van der Waals surface area contributed by atoms with Crippen LogP contribution in [0.3, 0.4) is 0 Å². The molecule has 2 rings (SSSR count). The van der Waals surface area contributed by atoms with Crippen LogP contribution >= 0.6 is 0 Å². The van der Waals surface area contributed by atoms with Gasteiger partial charge in [0.25, 0.3) is 0 Å². The quantitative estimate of drug-likeness (QED) is 0.720. The summed E-state index contributed by atoms with van der Waals surface area (Å²) in [6.45, 7) is 0. The number of benzene rings is 1. The van der Waals surface area contributed by atoms with Crippen molar-refractivity contribution in [3.8, 4) is 0 Å². The fourth-order valence-corrected chi connectivity index (χ4v) is 1.54. The van der Waals surface area contributed by atoms with Crippen molar-refractivity contribution in [3.05, 3.63) is 35.9 Å². The average Bonchev–Trinajstić information content (AvgIpc) is 2.84. The van der Waals surface area contributed by atoms with Crippen molar-refractivity contribution < 1.29 is 9.90 Å². The lowest BCUT2D eigenvalue weighted by molar-refractivity contribution is -0.138. The summed E-state index contributed by atoms with van der Waals surface area (Å²) in [5.41, 5.74) is 1.16. The van der Waals surface area contributed by atoms with Crippen molar-refractivity contribution in [2.24, 2.45) is 5.92 Å². The van der Waals surface area contributed by atoms with E-state index in [0.29, 0.717) is 0 Å². The van der Waals surface area contributed by atoms with E-state index in [2.05, 4.69) is 0 Å². The first kappa shape index (κ1) is 7.35. The van der Waals surface area contributed by atoms with Crippen molar-refractivity contribution in [3.63, 3.8) is 0 Å². The van der Waals surface area contributed by atoms with Crippen LogP contribution in [-0.4, -0.2) is 11.1 Å². The second-order valence-corrected chi connectivity index (χ2v) is 3.20. The molecule has 2 heteroatoms. The first-order valence-corrected chi connectivity index (χ1v) is 4.07. The predicted molar refractivity (Wildman–Crippen MR) is 44.9 cm³/mol. The molecule has 62 valence electrons. The number of aliphatic carboxylic acids is 1. The summed E-state index contributed by atoms with van der Waals surface area (Å²) in [7, 11) is 0. The van der Waals surface area contributed by atoms with Crippen LogP contribution in [0.2, 0.25) is 0 Å². The van der Waals surface area contributed by atoms with E-state index >= 15 is 0 Å². The highest BCUT2D eigenvalue weighted by atomic mass is 16.4. The monoisotopic (exact) mass is 162 g/mol. The van der Waals surface area contributed by atoms with Gasteiger partial charge in [-0.3, -0.25) is 4.79 Å². The molecule has 1 aliphatic carbocycles. The lowest BCUT2D eigenvalue weighted by atomic mass is 10.1. The molecule has 1 fully saturated rings. The van der Waals surface area contributed by atoms with E-state index in [9.17, 15) is 4.79 Å². The Labute approximate surface area is 70.8 Å². The summed E-state index contributed by atoms with van der Waals surface area (Å²) in [6.07, 6.45) is 0.805. The van der Waals surface area contributed by atoms with E-state index in [-0.39, 0.29) is 11.8 Å². The standard InChI is InChI=1S/C10H10O2/c11-10(12)9-6-8(9)7-4-2-1-3-5-7/h1-5,8-9H,6H2,(H,11,12)/t8-,9?/m1/s1. The Kier molecular flexibility index (Phi) is 1.61. The largest absolute Gasteiger partial charge is 0.481 e. The highest BCUT2D eigenvalue weighted by Crippen LogP contribution is 2.47. The van der Waals surface area contributed by atoms with E-state index < -0.39 is 5.97 Å². The van der Waals surface area contributed by atoms with Crippen molar-refractivity contribution in [2.45, 2.75) is 12.3 Å². The number of carboxylic acid groups (broad SMARTS) is 1. The van der Waals surface area contributed by atoms with Crippen molar-refractivity contribution in [1.29, 1.82) is 0 Å². The number of hydrogen-bond acceptors (Lipinski definition) is 1. The van der Waals surface area contributed by atoms with Gasteiger partial charge in [-0.2, -0.15) is 0 Å². The maximum atomic E-state index is 10.5. The molecule has 1 unspecified atom stereocenters. The smallest absolute Gasteiger partial charge is 0.307 e. The van der Waals surface area contributed by atoms with Gasteiger partial charge < -0.3 is 5.11 Å². The molecule has 0 heterocycles. The molecule has 0 spiro atoms. The maximum absolute atomic E-state index is 10.5. The van der Waals surface area contributed by atoms with E-state index in [4.69, 9.17) is 5.11 Å². The third-order valence-corrected chi connectivity index (χ3v) is 2.34. The highest BCUT2D eigenvalue weighted by Gasteiger charge is 2.43. The molecule has 1 N–H and O–H groups in total. The molecule has 0 aliphatic heterocycles. The molecule has 2 nitrogen and oxygen atoms in total. The minimum Gasteiger partial charge on any atom is -0.481 e. The Morgan fingerprint density at radius 3 is 2.50 bits per heavy atom. The number of rotatable bonds is 2. The second kappa shape index (κ2) is 2.63. The fraction of sp³-hybridized carbons (Fsp3) is 0.300.